The number of hydrogen-bond donors (Lipinski definition) is 2. The molecule has 9 nitrogen and oxygen atoms in total. The summed E-state index contributed by atoms with van der Waals surface area (Å²) in [6.07, 6.45) is 0. The van der Waals surface area contributed by atoms with E-state index in [1.807, 2.05) is 0 Å². The number of nitrogens with zero attached hydrogens (tertiary/aromatic N) is 3. The van der Waals surface area contributed by atoms with E-state index in [0.717, 1.165) is 16.3 Å². The molecule has 4 rings (SSSR count). The number of pyridine rings is 1. The Labute approximate surface area is 170 Å². The van der Waals surface area contributed by atoms with Gasteiger partial charge in [-0.1, -0.05) is 11.6 Å². The normalized spacial score (nSPS) is 16.1. The molecule has 0 unspecified atom stereocenters. The molecule has 2 aliphatic rings. The number of fused-ring (bicyclic) bond motifs is 1. The van der Waals surface area contributed by atoms with Gasteiger partial charge in [-0.05, 0) is 18.2 Å². The van der Waals surface area contributed by atoms with E-state index in [2.05, 4.69) is 10.2 Å². The van der Waals surface area contributed by atoms with Gasteiger partial charge in [-0.25, -0.2) is 0 Å². The Bertz CT molecular complexity index is 1120. The van der Waals surface area contributed by atoms with Crippen LogP contribution in [0.1, 0.15) is 27.6 Å². The first-order valence-corrected chi connectivity index (χ1v) is 9.37. The zero-order chi connectivity index (χ0) is 20.9. The molecule has 3 amide bonds. The van der Waals surface area contributed by atoms with Crippen LogP contribution in [-0.4, -0.2) is 53.4 Å². The van der Waals surface area contributed by atoms with Crippen molar-refractivity contribution >= 4 is 40.8 Å². The van der Waals surface area contributed by atoms with Crippen LogP contribution in [0.3, 0.4) is 0 Å². The number of aromatic nitrogens is 1. The predicted molar refractivity (Wildman–Crippen MR) is 108 cm³/mol. The Morgan fingerprint density at radius 2 is 1.76 bits per heavy atom. The number of imide groups is 1. The number of rotatable bonds is 2. The van der Waals surface area contributed by atoms with Crippen LogP contribution in [0.5, 0.6) is 0 Å². The Hall–Kier alpha value is -3.33. The average Bonchev–Trinajstić information content (AvgIpc) is 2.95. The molecular formula is C19H18ClN5O4. The van der Waals surface area contributed by atoms with Crippen LogP contribution >= 0.6 is 11.6 Å². The van der Waals surface area contributed by atoms with Crippen LogP contribution in [0.4, 0.5) is 11.5 Å². The number of nitrogens with one attached hydrogen (secondary N) is 1. The molecule has 0 bridgehead atoms. The first kappa shape index (κ1) is 19.0. The fourth-order valence-corrected chi connectivity index (χ4v) is 3.99. The largest absolute Gasteiger partial charge is 0.384 e. The molecule has 0 saturated carbocycles. The summed E-state index contributed by atoms with van der Waals surface area (Å²) in [5.41, 5.74) is 6.64. The fourth-order valence-electron chi connectivity index (χ4n) is 3.70. The maximum atomic E-state index is 12.6. The molecule has 2 aliphatic heterocycles. The van der Waals surface area contributed by atoms with E-state index in [0.29, 0.717) is 36.9 Å². The molecule has 2 aromatic rings. The lowest BCUT2D eigenvalue weighted by Gasteiger charge is -2.36. The second-order valence-corrected chi connectivity index (χ2v) is 7.31. The first-order chi connectivity index (χ1) is 13.8. The number of anilines is 2. The second kappa shape index (κ2) is 6.93. The summed E-state index contributed by atoms with van der Waals surface area (Å²) in [6, 6.07) is 6.13. The highest BCUT2D eigenvalue weighted by atomic mass is 35.5. The number of benzene rings is 1. The van der Waals surface area contributed by atoms with Crippen molar-refractivity contribution in [1.82, 2.24) is 14.8 Å². The van der Waals surface area contributed by atoms with Crippen molar-refractivity contribution in [2.45, 2.75) is 6.92 Å². The van der Waals surface area contributed by atoms with Gasteiger partial charge in [0.1, 0.15) is 5.82 Å². The van der Waals surface area contributed by atoms with Gasteiger partial charge in [0, 0.05) is 39.2 Å². The van der Waals surface area contributed by atoms with Crippen LogP contribution in [0.2, 0.25) is 5.02 Å². The number of nitrogen functional groups attached to an aromatic ring is 1. The topological polar surface area (TPSA) is 118 Å². The molecule has 0 aliphatic carbocycles. The molecule has 29 heavy (non-hydrogen) atoms. The number of carbonyl (C=O) groups excluding carboxylic acids is 3. The molecule has 150 valence electrons. The lowest BCUT2D eigenvalue weighted by atomic mass is 10.1. The molecule has 3 heterocycles. The van der Waals surface area contributed by atoms with Gasteiger partial charge in [0.05, 0.1) is 27.5 Å². The summed E-state index contributed by atoms with van der Waals surface area (Å²) >= 11 is 6.47. The minimum Gasteiger partial charge on any atom is -0.384 e. The van der Waals surface area contributed by atoms with E-state index in [4.69, 9.17) is 17.3 Å². The number of carbonyl (C=O) groups is 3. The molecule has 0 radical (unpaired) electrons. The average molecular weight is 416 g/mol. The van der Waals surface area contributed by atoms with E-state index in [1.54, 1.807) is 30.0 Å². The predicted octanol–water partition coefficient (Wildman–Crippen LogP) is 0.625. The Balaban J connectivity index is 1.69. The van der Waals surface area contributed by atoms with Gasteiger partial charge in [-0.2, -0.15) is 0 Å². The zero-order valence-corrected chi connectivity index (χ0v) is 16.3. The molecule has 0 spiro atoms. The number of hydrogen-bond acceptors (Lipinski definition) is 6. The highest BCUT2D eigenvalue weighted by Crippen LogP contribution is 2.30. The lowest BCUT2D eigenvalue weighted by molar-refractivity contribution is -0.129. The Morgan fingerprint density at radius 3 is 2.38 bits per heavy atom. The van der Waals surface area contributed by atoms with E-state index < -0.39 is 17.4 Å². The summed E-state index contributed by atoms with van der Waals surface area (Å²) in [6.45, 7) is 4.04. The van der Waals surface area contributed by atoms with Crippen molar-refractivity contribution in [1.29, 1.82) is 0 Å². The van der Waals surface area contributed by atoms with Crippen LogP contribution in [0.25, 0.3) is 5.69 Å². The van der Waals surface area contributed by atoms with Gasteiger partial charge < -0.3 is 15.5 Å². The van der Waals surface area contributed by atoms with Crippen LogP contribution < -0.4 is 21.5 Å². The molecular weight excluding hydrogens is 398 g/mol. The molecule has 1 aromatic heterocycles. The standard InChI is InChI=1S/C19H18ClN5O4/c1-10(26)23-4-6-24(7-5-23)14-3-2-11(8-13(14)20)25-15(27)9-12-16(17(25)21)19(29)22-18(12)28/h2-3,8-9H,4-7,21H2,1H3,(H,22,28,29). The highest BCUT2D eigenvalue weighted by Gasteiger charge is 2.32. The van der Waals surface area contributed by atoms with Gasteiger partial charge >= 0.3 is 0 Å². The maximum absolute atomic E-state index is 12.6. The van der Waals surface area contributed by atoms with Gasteiger partial charge in [-0.15, -0.1) is 0 Å². The van der Waals surface area contributed by atoms with Gasteiger partial charge in [0.2, 0.25) is 5.91 Å². The quantitative estimate of drug-likeness (QED) is 0.694. The van der Waals surface area contributed by atoms with Gasteiger partial charge in [0.15, 0.2) is 0 Å². The van der Waals surface area contributed by atoms with Crippen molar-refractivity contribution in [3.05, 3.63) is 50.8 Å². The first-order valence-electron chi connectivity index (χ1n) is 8.99. The third-order valence-electron chi connectivity index (χ3n) is 5.21. The summed E-state index contributed by atoms with van der Waals surface area (Å²) in [5.74, 6) is -1.35. The van der Waals surface area contributed by atoms with Crippen molar-refractivity contribution in [3.8, 4) is 5.69 Å². The third kappa shape index (κ3) is 3.13. The van der Waals surface area contributed by atoms with Crippen LogP contribution in [-0.2, 0) is 4.79 Å². The number of amides is 3. The third-order valence-corrected chi connectivity index (χ3v) is 5.51. The van der Waals surface area contributed by atoms with E-state index in [-0.39, 0.29) is 22.9 Å². The highest BCUT2D eigenvalue weighted by molar-refractivity contribution is 6.33. The Kier molecular flexibility index (Phi) is 4.54. The second-order valence-electron chi connectivity index (χ2n) is 6.90. The van der Waals surface area contributed by atoms with E-state index in [1.165, 1.54) is 0 Å². The van der Waals surface area contributed by atoms with Gasteiger partial charge in [0.25, 0.3) is 17.4 Å². The van der Waals surface area contributed by atoms with Gasteiger partial charge in [-0.3, -0.25) is 29.1 Å². The summed E-state index contributed by atoms with van der Waals surface area (Å²) < 4.78 is 1.15. The molecule has 10 heteroatoms. The number of halogens is 1. The zero-order valence-electron chi connectivity index (χ0n) is 15.6. The number of piperazine rings is 1. The minimum absolute atomic E-state index is 0.0184. The van der Waals surface area contributed by atoms with E-state index in [9.17, 15) is 19.2 Å². The number of nitrogens with two attached hydrogens (primary N) is 1. The van der Waals surface area contributed by atoms with E-state index >= 15 is 0 Å². The van der Waals surface area contributed by atoms with Crippen LogP contribution in [0.15, 0.2) is 29.1 Å². The molecule has 1 fully saturated rings. The summed E-state index contributed by atoms with van der Waals surface area (Å²) in [4.78, 5) is 51.7. The molecule has 3 N–H and O–H groups in total. The fraction of sp³-hybridized carbons (Fsp3) is 0.263. The monoisotopic (exact) mass is 415 g/mol. The van der Waals surface area contributed by atoms with Crippen molar-refractivity contribution in [2.75, 3.05) is 36.8 Å². The molecule has 1 aromatic carbocycles. The summed E-state index contributed by atoms with van der Waals surface area (Å²) in [7, 11) is 0. The van der Waals surface area contributed by atoms with Crippen LogP contribution in [0, 0.1) is 0 Å². The minimum atomic E-state index is -0.640. The lowest BCUT2D eigenvalue weighted by Crippen LogP contribution is -2.48. The Morgan fingerprint density at radius 1 is 1.07 bits per heavy atom. The maximum Gasteiger partial charge on any atom is 0.262 e. The molecule has 0 atom stereocenters. The van der Waals surface area contributed by atoms with Crippen molar-refractivity contribution in [2.24, 2.45) is 0 Å². The van der Waals surface area contributed by atoms with Crippen molar-refractivity contribution < 1.29 is 14.4 Å². The SMILES string of the molecule is CC(=O)N1CCN(c2ccc(-n3c(N)c4c(cc3=O)C(=O)NC4=O)cc2Cl)CC1. The smallest absolute Gasteiger partial charge is 0.262 e. The summed E-state index contributed by atoms with van der Waals surface area (Å²) in [5, 5.41) is 2.54. The van der Waals surface area contributed by atoms with Crippen molar-refractivity contribution in [3.63, 3.8) is 0 Å². The molecule has 1 saturated heterocycles.